The smallest absolute Gasteiger partial charge is 0.151 e. The predicted octanol–water partition coefficient (Wildman–Crippen LogP) is 3.11. The van der Waals surface area contributed by atoms with E-state index < -0.39 is 0 Å². The summed E-state index contributed by atoms with van der Waals surface area (Å²) in [6.07, 6.45) is 0. The Hall–Kier alpha value is -1.13. The lowest BCUT2D eigenvalue weighted by Crippen LogP contribution is -2.00. The van der Waals surface area contributed by atoms with Crippen molar-refractivity contribution in [2.24, 2.45) is 0 Å². The average molecular weight is 240 g/mol. The summed E-state index contributed by atoms with van der Waals surface area (Å²) in [6.45, 7) is 2.86. The van der Waals surface area contributed by atoms with Gasteiger partial charge in [-0.25, -0.2) is 0 Å². The van der Waals surface area contributed by atoms with E-state index in [9.17, 15) is 0 Å². The van der Waals surface area contributed by atoms with Gasteiger partial charge in [0.2, 0.25) is 0 Å². The Morgan fingerprint density at radius 1 is 1.40 bits per heavy atom. The summed E-state index contributed by atoms with van der Waals surface area (Å²) in [6, 6.07) is 5.69. The Kier molecular flexibility index (Phi) is 3.18. The Morgan fingerprint density at radius 3 is 2.87 bits per heavy atom. The maximum absolute atomic E-state index is 5.63. The molecule has 0 atom stereocenters. The molecule has 0 unspecified atom stereocenters. The van der Waals surface area contributed by atoms with Crippen LogP contribution in [0, 0.1) is 6.92 Å². The molecule has 3 nitrogen and oxygen atoms in total. The van der Waals surface area contributed by atoms with Gasteiger partial charge in [0.25, 0.3) is 0 Å². The lowest BCUT2D eigenvalue weighted by atomic mass is 10.3. The predicted molar refractivity (Wildman–Crippen MR) is 63.4 cm³/mol. The van der Waals surface area contributed by atoms with Crippen LogP contribution in [0.4, 0.5) is 5.82 Å². The number of halogens is 1. The molecule has 0 radical (unpaired) electrons. The first-order chi connectivity index (χ1) is 7.24. The van der Waals surface area contributed by atoms with Crippen LogP contribution in [-0.2, 0) is 6.54 Å². The fraction of sp³-hybridized carbons (Fsp3) is 0.200. The van der Waals surface area contributed by atoms with E-state index in [1.807, 2.05) is 6.07 Å². The van der Waals surface area contributed by atoms with Gasteiger partial charge in [-0.1, -0.05) is 11.6 Å². The van der Waals surface area contributed by atoms with Crippen LogP contribution in [0.25, 0.3) is 0 Å². The molecule has 1 N–H and O–H groups in total. The van der Waals surface area contributed by atoms with Crippen molar-refractivity contribution in [1.82, 2.24) is 10.2 Å². The van der Waals surface area contributed by atoms with Gasteiger partial charge in [-0.05, 0) is 36.1 Å². The van der Waals surface area contributed by atoms with Crippen molar-refractivity contribution in [2.75, 3.05) is 5.32 Å². The Morgan fingerprint density at radius 2 is 2.27 bits per heavy atom. The van der Waals surface area contributed by atoms with Crippen molar-refractivity contribution in [3.05, 3.63) is 39.2 Å². The maximum atomic E-state index is 5.63. The van der Waals surface area contributed by atoms with Gasteiger partial charge in [-0.3, -0.25) is 0 Å². The summed E-state index contributed by atoms with van der Waals surface area (Å²) in [5, 5.41) is 13.4. The summed E-state index contributed by atoms with van der Waals surface area (Å²) in [5.41, 5.74) is 1.26. The number of hydrogen-bond donors (Lipinski definition) is 1. The number of nitrogens with zero attached hydrogens (tertiary/aromatic N) is 2. The molecular weight excluding hydrogens is 230 g/mol. The fourth-order valence-electron chi connectivity index (χ4n) is 1.19. The van der Waals surface area contributed by atoms with E-state index >= 15 is 0 Å². The van der Waals surface area contributed by atoms with E-state index in [4.69, 9.17) is 11.6 Å². The third-order valence-corrected chi connectivity index (χ3v) is 3.00. The minimum atomic E-state index is 0.409. The molecule has 5 heteroatoms. The zero-order valence-electron chi connectivity index (χ0n) is 8.20. The molecular formula is C10H10ClN3S. The van der Waals surface area contributed by atoms with Gasteiger partial charge in [-0.15, -0.1) is 21.5 Å². The maximum Gasteiger partial charge on any atom is 0.151 e. The SMILES string of the molecule is Cc1cc(CNc2ccc(Cl)nn2)cs1. The number of nitrogens with one attached hydrogen (secondary N) is 1. The molecule has 0 saturated heterocycles. The van der Waals surface area contributed by atoms with Crippen molar-refractivity contribution < 1.29 is 0 Å². The molecule has 0 aliphatic heterocycles. The highest BCUT2D eigenvalue weighted by Crippen LogP contribution is 2.14. The summed E-state index contributed by atoms with van der Waals surface area (Å²) in [4.78, 5) is 1.31. The van der Waals surface area contributed by atoms with Crippen molar-refractivity contribution in [3.8, 4) is 0 Å². The van der Waals surface area contributed by atoms with Crippen LogP contribution in [0.15, 0.2) is 23.6 Å². The Labute approximate surface area is 97.1 Å². The molecule has 0 aromatic carbocycles. The summed E-state index contributed by atoms with van der Waals surface area (Å²) >= 11 is 7.38. The van der Waals surface area contributed by atoms with Crippen LogP contribution in [0.5, 0.6) is 0 Å². The summed E-state index contributed by atoms with van der Waals surface area (Å²) in [5.74, 6) is 0.739. The molecule has 0 aliphatic carbocycles. The highest BCUT2D eigenvalue weighted by Gasteiger charge is 1.98. The van der Waals surface area contributed by atoms with E-state index in [0.29, 0.717) is 5.15 Å². The number of hydrogen-bond acceptors (Lipinski definition) is 4. The molecule has 0 spiro atoms. The van der Waals surface area contributed by atoms with Crippen molar-refractivity contribution in [3.63, 3.8) is 0 Å². The number of rotatable bonds is 3. The second-order valence-electron chi connectivity index (χ2n) is 3.16. The van der Waals surface area contributed by atoms with Gasteiger partial charge >= 0.3 is 0 Å². The monoisotopic (exact) mass is 239 g/mol. The zero-order chi connectivity index (χ0) is 10.7. The number of aromatic nitrogens is 2. The quantitative estimate of drug-likeness (QED) is 0.895. The lowest BCUT2D eigenvalue weighted by molar-refractivity contribution is 1.00. The number of thiophene rings is 1. The molecule has 2 heterocycles. The van der Waals surface area contributed by atoms with Crippen LogP contribution >= 0.6 is 22.9 Å². The van der Waals surface area contributed by atoms with Gasteiger partial charge in [0, 0.05) is 11.4 Å². The van der Waals surface area contributed by atoms with Gasteiger partial charge in [-0.2, -0.15) is 0 Å². The summed E-state index contributed by atoms with van der Waals surface area (Å²) in [7, 11) is 0. The molecule has 0 saturated carbocycles. The van der Waals surface area contributed by atoms with Crippen LogP contribution < -0.4 is 5.32 Å². The molecule has 15 heavy (non-hydrogen) atoms. The zero-order valence-corrected chi connectivity index (χ0v) is 9.77. The fourth-order valence-corrected chi connectivity index (χ4v) is 2.00. The Balaban J connectivity index is 1.96. The van der Waals surface area contributed by atoms with Crippen molar-refractivity contribution >= 4 is 28.8 Å². The molecule has 2 aromatic heterocycles. The number of aryl methyl sites for hydroxylation is 1. The van der Waals surface area contributed by atoms with E-state index in [-0.39, 0.29) is 0 Å². The molecule has 0 bridgehead atoms. The first kappa shape index (κ1) is 10.4. The Bertz CT molecular complexity index is 438. The standard InChI is InChI=1S/C10H10ClN3S/c1-7-4-8(6-15-7)5-12-10-3-2-9(11)13-14-10/h2-4,6H,5H2,1H3,(H,12,14). The molecule has 2 aromatic rings. The average Bonchev–Trinajstić information content (AvgIpc) is 2.64. The van der Waals surface area contributed by atoms with E-state index in [0.717, 1.165) is 12.4 Å². The van der Waals surface area contributed by atoms with Crippen LogP contribution in [0.2, 0.25) is 5.15 Å². The molecule has 2 rings (SSSR count). The van der Waals surface area contributed by atoms with Gasteiger partial charge in [0.05, 0.1) is 0 Å². The third-order valence-electron chi connectivity index (χ3n) is 1.89. The van der Waals surface area contributed by atoms with E-state index in [1.54, 1.807) is 17.4 Å². The van der Waals surface area contributed by atoms with Crippen molar-refractivity contribution in [1.29, 1.82) is 0 Å². The molecule has 0 fully saturated rings. The van der Waals surface area contributed by atoms with Crippen LogP contribution in [0.3, 0.4) is 0 Å². The van der Waals surface area contributed by atoms with Crippen LogP contribution in [-0.4, -0.2) is 10.2 Å². The van der Waals surface area contributed by atoms with Gasteiger partial charge in [0.15, 0.2) is 5.15 Å². The normalized spacial score (nSPS) is 10.3. The minimum absolute atomic E-state index is 0.409. The molecule has 78 valence electrons. The summed E-state index contributed by atoms with van der Waals surface area (Å²) < 4.78 is 0. The largest absolute Gasteiger partial charge is 0.364 e. The number of anilines is 1. The van der Waals surface area contributed by atoms with Gasteiger partial charge in [0.1, 0.15) is 5.82 Å². The highest BCUT2D eigenvalue weighted by molar-refractivity contribution is 7.10. The minimum Gasteiger partial charge on any atom is -0.364 e. The van der Waals surface area contributed by atoms with Gasteiger partial charge < -0.3 is 5.32 Å². The lowest BCUT2D eigenvalue weighted by Gasteiger charge is -2.02. The second-order valence-corrected chi connectivity index (χ2v) is 4.66. The topological polar surface area (TPSA) is 37.8 Å². The van der Waals surface area contributed by atoms with E-state index in [2.05, 4.69) is 33.9 Å². The van der Waals surface area contributed by atoms with E-state index in [1.165, 1.54) is 10.4 Å². The first-order valence-electron chi connectivity index (χ1n) is 4.51. The first-order valence-corrected chi connectivity index (χ1v) is 5.77. The molecule has 0 aliphatic rings. The molecule has 0 amide bonds. The van der Waals surface area contributed by atoms with Crippen molar-refractivity contribution in [2.45, 2.75) is 13.5 Å². The highest BCUT2D eigenvalue weighted by atomic mass is 35.5. The van der Waals surface area contributed by atoms with Crippen LogP contribution in [0.1, 0.15) is 10.4 Å². The second kappa shape index (κ2) is 4.59. The third kappa shape index (κ3) is 2.91.